The molecule has 0 aromatic heterocycles. The van der Waals surface area contributed by atoms with Crippen molar-refractivity contribution >= 4 is 23.0 Å². The molecule has 126 valence electrons. The summed E-state index contributed by atoms with van der Waals surface area (Å²) in [7, 11) is 0. The van der Waals surface area contributed by atoms with Crippen LogP contribution in [0.15, 0.2) is 91.0 Å². The fourth-order valence-electron chi connectivity index (χ4n) is 3.23. The van der Waals surface area contributed by atoms with Crippen LogP contribution >= 0.6 is 0 Å². The molecule has 0 saturated carbocycles. The smallest absolute Gasteiger partial charge is 0.262 e. The van der Waals surface area contributed by atoms with Gasteiger partial charge in [-0.15, -0.1) is 0 Å². The van der Waals surface area contributed by atoms with Gasteiger partial charge in [-0.25, -0.2) is 0 Å². The molecule has 1 aliphatic rings. The van der Waals surface area contributed by atoms with Gasteiger partial charge in [0.1, 0.15) is 0 Å². The first-order valence-electron chi connectivity index (χ1n) is 8.51. The molecule has 1 aliphatic heterocycles. The van der Waals surface area contributed by atoms with Crippen LogP contribution in [0.1, 0.15) is 16.7 Å². The van der Waals surface area contributed by atoms with Crippen molar-refractivity contribution in [1.29, 1.82) is 0 Å². The van der Waals surface area contributed by atoms with Gasteiger partial charge in [0.2, 0.25) is 0 Å². The summed E-state index contributed by atoms with van der Waals surface area (Å²) in [5.41, 5.74) is 3.40. The van der Waals surface area contributed by atoms with Crippen molar-refractivity contribution in [3.8, 4) is 0 Å². The number of imide groups is 1. The summed E-state index contributed by atoms with van der Waals surface area (Å²) in [6.07, 6.45) is 0. The summed E-state index contributed by atoms with van der Waals surface area (Å²) in [6, 6.07) is 28.4. The van der Waals surface area contributed by atoms with Gasteiger partial charge in [-0.1, -0.05) is 91.0 Å². The fraction of sp³-hybridized carbons (Fsp3) is 0.0435. The Bertz CT molecular complexity index is 915. The van der Waals surface area contributed by atoms with E-state index in [-0.39, 0.29) is 18.4 Å². The molecular formula is C23H17NO2. The number of carbonyl (C=O) groups excluding carboxylic acids is 2. The number of rotatable bonds is 4. The Balaban J connectivity index is 1.81. The Morgan fingerprint density at radius 3 is 1.35 bits per heavy atom. The van der Waals surface area contributed by atoms with Gasteiger partial charge in [-0.3, -0.25) is 14.5 Å². The summed E-state index contributed by atoms with van der Waals surface area (Å²) in [5.74, 6) is -0.493. The van der Waals surface area contributed by atoms with E-state index in [1.165, 1.54) is 4.90 Å². The largest absolute Gasteiger partial charge is 0.270 e. The number of carbonyl (C=O) groups is 2. The minimum absolute atomic E-state index is 0.246. The van der Waals surface area contributed by atoms with Crippen molar-refractivity contribution in [3.05, 3.63) is 108 Å². The molecule has 0 N–H and O–H groups in total. The Kier molecular flexibility index (Phi) is 4.20. The SMILES string of the molecule is O=C1C(c2ccccc2)=C(c2ccccc2)C(=O)N1Cc1ccccc1. The van der Waals surface area contributed by atoms with Gasteiger partial charge in [0, 0.05) is 0 Å². The van der Waals surface area contributed by atoms with Crippen molar-refractivity contribution in [3.63, 3.8) is 0 Å². The maximum Gasteiger partial charge on any atom is 0.262 e. The van der Waals surface area contributed by atoms with Crippen molar-refractivity contribution in [2.75, 3.05) is 0 Å². The van der Waals surface area contributed by atoms with Crippen molar-refractivity contribution in [2.24, 2.45) is 0 Å². The highest BCUT2D eigenvalue weighted by atomic mass is 16.2. The maximum absolute atomic E-state index is 13.2. The third-order valence-electron chi connectivity index (χ3n) is 4.48. The summed E-state index contributed by atoms with van der Waals surface area (Å²) >= 11 is 0. The van der Waals surface area contributed by atoms with Crippen LogP contribution in [-0.4, -0.2) is 16.7 Å². The number of benzene rings is 3. The summed E-state index contributed by atoms with van der Waals surface area (Å²) in [5, 5.41) is 0. The molecule has 3 heteroatoms. The lowest BCUT2D eigenvalue weighted by Crippen LogP contribution is -2.30. The minimum atomic E-state index is -0.246. The quantitative estimate of drug-likeness (QED) is 0.669. The first-order valence-corrected chi connectivity index (χ1v) is 8.51. The van der Waals surface area contributed by atoms with Crippen LogP contribution in [0.5, 0.6) is 0 Å². The summed E-state index contributed by atoms with van der Waals surface area (Å²) in [6.45, 7) is 0.269. The molecule has 26 heavy (non-hydrogen) atoms. The van der Waals surface area contributed by atoms with Crippen LogP contribution in [0.25, 0.3) is 11.1 Å². The second-order valence-electron chi connectivity index (χ2n) is 6.16. The third-order valence-corrected chi connectivity index (χ3v) is 4.48. The number of hydrogen-bond acceptors (Lipinski definition) is 2. The Morgan fingerprint density at radius 2 is 0.923 bits per heavy atom. The monoisotopic (exact) mass is 339 g/mol. The van der Waals surface area contributed by atoms with E-state index in [0.29, 0.717) is 11.1 Å². The fourth-order valence-corrected chi connectivity index (χ4v) is 3.23. The van der Waals surface area contributed by atoms with E-state index < -0.39 is 0 Å². The highest BCUT2D eigenvalue weighted by molar-refractivity contribution is 6.48. The lowest BCUT2D eigenvalue weighted by molar-refractivity contribution is -0.136. The van der Waals surface area contributed by atoms with Crippen molar-refractivity contribution in [2.45, 2.75) is 6.54 Å². The molecule has 0 unspecified atom stereocenters. The van der Waals surface area contributed by atoms with Crippen molar-refractivity contribution in [1.82, 2.24) is 4.90 Å². The summed E-state index contributed by atoms with van der Waals surface area (Å²) in [4.78, 5) is 27.6. The molecule has 0 bridgehead atoms. The molecule has 3 aromatic carbocycles. The molecule has 2 amide bonds. The Morgan fingerprint density at radius 1 is 0.538 bits per heavy atom. The van der Waals surface area contributed by atoms with E-state index in [4.69, 9.17) is 0 Å². The standard InChI is InChI=1S/C23H17NO2/c25-22-20(18-12-6-2-7-13-18)21(19-14-8-3-9-15-19)23(26)24(22)16-17-10-4-1-5-11-17/h1-15H,16H2. The molecular weight excluding hydrogens is 322 g/mol. The zero-order valence-electron chi connectivity index (χ0n) is 14.1. The van der Waals surface area contributed by atoms with E-state index >= 15 is 0 Å². The molecule has 0 saturated heterocycles. The summed E-state index contributed by atoms with van der Waals surface area (Å²) < 4.78 is 0. The average molecular weight is 339 g/mol. The van der Waals surface area contributed by atoms with Gasteiger partial charge in [0.15, 0.2) is 0 Å². The molecule has 4 rings (SSSR count). The molecule has 3 aromatic rings. The van der Waals surface area contributed by atoms with Gasteiger partial charge >= 0.3 is 0 Å². The Hall–Kier alpha value is -3.46. The van der Waals surface area contributed by atoms with Gasteiger partial charge in [-0.2, -0.15) is 0 Å². The van der Waals surface area contributed by atoms with Gasteiger partial charge in [0.05, 0.1) is 17.7 Å². The zero-order chi connectivity index (χ0) is 17.9. The normalized spacial score (nSPS) is 14.2. The van der Waals surface area contributed by atoms with Gasteiger partial charge < -0.3 is 0 Å². The van der Waals surface area contributed by atoms with E-state index in [2.05, 4.69) is 0 Å². The lowest BCUT2D eigenvalue weighted by atomic mass is 9.96. The molecule has 0 radical (unpaired) electrons. The molecule has 0 fully saturated rings. The first kappa shape index (κ1) is 16.0. The lowest BCUT2D eigenvalue weighted by Gasteiger charge is -2.15. The molecule has 0 aliphatic carbocycles. The highest BCUT2D eigenvalue weighted by Gasteiger charge is 2.39. The third kappa shape index (κ3) is 2.84. The van der Waals surface area contributed by atoms with E-state index in [0.717, 1.165) is 16.7 Å². The van der Waals surface area contributed by atoms with Crippen LogP contribution in [0, 0.1) is 0 Å². The van der Waals surface area contributed by atoms with Crippen LogP contribution in [0.3, 0.4) is 0 Å². The van der Waals surface area contributed by atoms with Crippen LogP contribution in [0.2, 0.25) is 0 Å². The van der Waals surface area contributed by atoms with Crippen LogP contribution < -0.4 is 0 Å². The van der Waals surface area contributed by atoms with Gasteiger partial charge in [0.25, 0.3) is 11.8 Å². The van der Waals surface area contributed by atoms with E-state index in [1.54, 1.807) is 0 Å². The number of amides is 2. The second kappa shape index (κ2) is 6.81. The van der Waals surface area contributed by atoms with E-state index in [1.807, 2.05) is 91.0 Å². The first-order chi connectivity index (χ1) is 12.8. The number of hydrogen-bond donors (Lipinski definition) is 0. The van der Waals surface area contributed by atoms with Crippen molar-refractivity contribution < 1.29 is 9.59 Å². The maximum atomic E-state index is 13.2. The Labute approximate surface area is 152 Å². The molecule has 1 heterocycles. The number of nitrogens with zero attached hydrogens (tertiary/aromatic N) is 1. The molecule has 0 spiro atoms. The molecule has 0 atom stereocenters. The highest BCUT2D eigenvalue weighted by Crippen LogP contribution is 2.36. The minimum Gasteiger partial charge on any atom is -0.270 e. The van der Waals surface area contributed by atoms with Crippen LogP contribution in [-0.2, 0) is 16.1 Å². The van der Waals surface area contributed by atoms with Crippen LogP contribution in [0.4, 0.5) is 0 Å². The topological polar surface area (TPSA) is 37.4 Å². The van der Waals surface area contributed by atoms with E-state index in [9.17, 15) is 9.59 Å². The molecule has 3 nitrogen and oxygen atoms in total. The second-order valence-corrected chi connectivity index (χ2v) is 6.16. The van der Waals surface area contributed by atoms with Gasteiger partial charge in [-0.05, 0) is 16.7 Å². The predicted molar refractivity (Wildman–Crippen MR) is 102 cm³/mol. The predicted octanol–water partition coefficient (Wildman–Crippen LogP) is 4.17. The average Bonchev–Trinajstić information content (AvgIpc) is 2.95. The zero-order valence-corrected chi connectivity index (χ0v) is 14.1.